The second-order valence-corrected chi connectivity index (χ2v) is 5.00. The summed E-state index contributed by atoms with van der Waals surface area (Å²) in [6, 6.07) is 20.2. The summed E-state index contributed by atoms with van der Waals surface area (Å²) in [5.74, 6) is 0.129. The molecule has 110 valence electrons. The number of benzene rings is 2. The van der Waals surface area contributed by atoms with Crippen LogP contribution in [0.3, 0.4) is 0 Å². The highest BCUT2D eigenvalue weighted by Gasteiger charge is 2.13. The molecule has 0 radical (unpaired) electrons. The third-order valence-corrected chi connectivity index (χ3v) is 3.31. The van der Waals surface area contributed by atoms with Crippen molar-refractivity contribution in [1.82, 2.24) is 10.2 Å². The van der Waals surface area contributed by atoms with Crippen LogP contribution in [0.1, 0.15) is 18.1 Å². The SMILES string of the molecule is CCNCC(=O)N(Cc1ccccc1)Cc1ccccc1. The summed E-state index contributed by atoms with van der Waals surface area (Å²) < 4.78 is 0. The topological polar surface area (TPSA) is 32.3 Å². The first-order valence-electron chi connectivity index (χ1n) is 7.36. The molecule has 3 nitrogen and oxygen atoms in total. The Hall–Kier alpha value is -2.13. The van der Waals surface area contributed by atoms with E-state index in [0.29, 0.717) is 19.6 Å². The first-order valence-corrected chi connectivity index (χ1v) is 7.36. The Labute approximate surface area is 126 Å². The van der Waals surface area contributed by atoms with Crippen molar-refractivity contribution >= 4 is 5.91 Å². The maximum Gasteiger partial charge on any atom is 0.237 e. The van der Waals surface area contributed by atoms with Crippen LogP contribution in [0.25, 0.3) is 0 Å². The van der Waals surface area contributed by atoms with Gasteiger partial charge in [-0.25, -0.2) is 0 Å². The summed E-state index contributed by atoms with van der Waals surface area (Å²) in [6.45, 7) is 4.47. The van der Waals surface area contributed by atoms with Crippen molar-refractivity contribution in [3.63, 3.8) is 0 Å². The Kier molecular flexibility index (Phi) is 5.98. The number of carbonyl (C=O) groups is 1. The van der Waals surface area contributed by atoms with E-state index in [1.807, 2.05) is 48.2 Å². The van der Waals surface area contributed by atoms with Crippen molar-refractivity contribution in [3.8, 4) is 0 Å². The minimum absolute atomic E-state index is 0.129. The quantitative estimate of drug-likeness (QED) is 0.847. The highest BCUT2D eigenvalue weighted by Crippen LogP contribution is 2.10. The molecule has 2 rings (SSSR count). The van der Waals surface area contributed by atoms with E-state index in [4.69, 9.17) is 0 Å². The predicted molar refractivity (Wildman–Crippen MR) is 85.7 cm³/mol. The fourth-order valence-corrected chi connectivity index (χ4v) is 2.18. The number of nitrogens with one attached hydrogen (secondary N) is 1. The lowest BCUT2D eigenvalue weighted by Crippen LogP contribution is -2.37. The van der Waals surface area contributed by atoms with Crippen molar-refractivity contribution in [2.75, 3.05) is 13.1 Å². The van der Waals surface area contributed by atoms with Crippen molar-refractivity contribution in [2.24, 2.45) is 0 Å². The van der Waals surface area contributed by atoms with Gasteiger partial charge in [0.05, 0.1) is 6.54 Å². The van der Waals surface area contributed by atoms with E-state index in [1.54, 1.807) is 0 Å². The Morgan fingerprint density at radius 2 is 1.38 bits per heavy atom. The van der Waals surface area contributed by atoms with Crippen molar-refractivity contribution in [1.29, 1.82) is 0 Å². The lowest BCUT2D eigenvalue weighted by molar-refractivity contribution is -0.131. The van der Waals surface area contributed by atoms with Crippen LogP contribution in [0.2, 0.25) is 0 Å². The number of amides is 1. The lowest BCUT2D eigenvalue weighted by Gasteiger charge is -2.23. The van der Waals surface area contributed by atoms with Gasteiger partial charge in [-0.3, -0.25) is 4.79 Å². The van der Waals surface area contributed by atoms with Gasteiger partial charge in [0.2, 0.25) is 5.91 Å². The van der Waals surface area contributed by atoms with Crippen LogP contribution >= 0.6 is 0 Å². The van der Waals surface area contributed by atoms with E-state index in [2.05, 4.69) is 29.6 Å². The molecule has 0 aliphatic rings. The summed E-state index contributed by atoms with van der Waals surface area (Å²) in [4.78, 5) is 14.3. The van der Waals surface area contributed by atoms with Crippen LogP contribution in [0.5, 0.6) is 0 Å². The molecule has 0 fully saturated rings. The number of nitrogens with zero attached hydrogens (tertiary/aromatic N) is 1. The van der Waals surface area contributed by atoms with E-state index in [9.17, 15) is 4.79 Å². The predicted octanol–water partition coefficient (Wildman–Crippen LogP) is 2.82. The van der Waals surface area contributed by atoms with Gasteiger partial charge in [0.1, 0.15) is 0 Å². The molecule has 0 aromatic heterocycles. The maximum atomic E-state index is 12.4. The Balaban J connectivity index is 2.08. The zero-order valence-corrected chi connectivity index (χ0v) is 12.5. The molecule has 21 heavy (non-hydrogen) atoms. The molecule has 1 amide bonds. The van der Waals surface area contributed by atoms with E-state index in [0.717, 1.165) is 17.7 Å². The first kappa shape index (κ1) is 15.3. The highest BCUT2D eigenvalue weighted by atomic mass is 16.2. The van der Waals surface area contributed by atoms with Crippen LogP contribution in [0.4, 0.5) is 0 Å². The number of likely N-dealkylation sites (N-methyl/N-ethyl adjacent to an activating group) is 1. The fraction of sp³-hybridized carbons (Fsp3) is 0.278. The number of rotatable bonds is 7. The molecular formula is C18H22N2O. The first-order chi connectivity index (χ1) is 10.3. The van der Waals surface area contributed by atoms with Crippen molar-refractivity contribution in [3.05, 3.63) is 71.8 Å². The molecule has 0 aliphatic heterocycles. The summed E-state index contributed by atoms with van der Waals surface area (Å²) in [6.07, 6.45) is 0. The van der Waals surface area contributed by atoms with Gasteiger partial charge in [-0.1, -0.05) is 67.6 Å². The summed E-state index contributed by atoms with van der Waals surface area (Å²) >= 11 is 0. The van der Waals surface area contributed by atoms with Gasteiger partial charge >= 0.3 is 0 Å². The summed E-state index contributed by atoms with van der Waals surface area (Å²) in [5, 5.41) is 3.11. The largest absolute Gasteiger partial charge is 0.333 e. The zero-order chi connectivity index (χ0) is 14.9. The summed E-state index contributed by atoms with van der Waals surface area (Å²) in [7, 11) is 0. The smallest absolute Gasteiger partial charge is 0.237 e. The average Bonchev–Trinajstić information content (AvgIpc) is 2.54. The number of carbonyl (C=O) groups excluding carboxylic acids is 1. The van der Waals surface area contributed by atoms with E-state index in [-0.39, 0.29) is 5.91 Å². The van der Waals surface area contributed by atoms with Crippen molar-refractivity contribution in [2.45, 2.75) is 20.0 Å². The van der Waals surface area contributed by atoms with Crippen LogP contribution in [0.15, 0.2) is 60.7 Å². The minimum atomic E-state index is 0.129. The third-order valence-electron chi connectivity index (χ3n) is 3.31. The molecule has 0 spiro atoms. The van der Waals surface area contributed by atoms with Gasteiger partial charge in [0.15, 0.2) is 0 Å². The second kappa shape index (κ2) is 8.22. The lowest BCUT2D eigenvalue weighted by atomic mass is 10.1. The standard InChI is InChI=1S/C18H22N2O/c1-2-19-13-18(21)20(14-16-9-5-3-6-10-16)15-17-11-7-4-8-12-17/h3-12,19H,2,13-15H2,1H3. The van der Waals surface area contributed by atoms with E-state index < -0.39 is 0 Å². The third kappa shape index (κ3) is 5.04. The molecule has 0 unspecified atom stereocenters. The molecule has 2 aromatic carbocycles. The van der Waals surface area contributed by atoms with Crippen LogP contribution in [-0.2, 0) is 17.9 Å². The molecule has 1 N–H and O–H groups in total. The minimum Gasteiger partial charge on any atom is -0.333 e. The van der Waals surface area contributed by atoms with Crippen LogP contribution in [-0.4, -0.2) is 23.9 Å². The Morgan fingerprint density at radius 3 is 1.81 bits per heavy atom. The molecule has 0 saturated heterocycles. The zero-order valence-electron chi connectivity index (χ0n) is 12.5. The Bertz CT molecular complexity index is 498. The molecule has 3 heteroatoms. The fourth-order valence-electron chi connectivity index (χ4n) is 2.18. The van der Waals surface area contributed by atoms with Crippen LogP contribution < -0.4 is 5.32 Å². The normalized spacial score (nSPS) is 10.3. The van der Waals surface area contributed by atoms with Gasteiger partial charge < -0.3 is 10.2 Å². The van der Waals surface area contributed by atoms with Gasteiger partial charge in [-0.2, -0.15) is 0 Å². The highest BCUT2D eigenvalue weighted by molar-refractivity contribution is 5.78. The Morgan fingerprint density at radius 1 is 0.905 bits per heavy atom. The average molecular weight is 282 g/mol. The van der Waals surface area contributed by atoms with Crippen molar-refractivity contribution < 1.29 is 4.79 Å². The molecule has 0 atom stereocenters. The number of hydrogen-bond acceptors (Lipinski definition) is 2. The van der Waals surface area contributed by atoms with Gasteiger partial charge in [-0.05, 0) is 17.7 Å². The molecule has 0 saturated carbocycles. The van der Waals surface area contributed by atoms with Gasteiger partial charge in [0.25, 0.3) is 0 Å². The van der Waals surface area contributed by atoms with Gasteiger partial charge in [0, 0.05) is 13.1 Å². The molecular weight excluding hydrogens is 260 g/mol. The van der Waals surface area contributed by atoms with E-state index in [1.165, 1.54) is 0 Å². The summed E-state index contributed by atoms with van der Waals surface area (Å²) in [5.41, 5.74) is 2.30. The molecule has 2 aromatic rings. The monoisotopic (exact) mass is 282 g/mol. The van der Waals surface area contributed by atoms with Gasteiger partial charge in [-0.15, -0.1) is 0 Å². The van der Waals surface area contributed by atoms with E-state index >= 15 is 0 Å². The van der Waals surface area contributed by atoms with Crippen LogP contribution in [0, 0.1) is 0 Å². The number of hydrogen-bond donors (Lipinski definition) is 1. The molecule has 0 heterocycles. The molecule has 0 bridgehead atoms. The molecule has 0 aliphatic carbocycles. The maximum absolute atomic E-state index is 12.4. The second-order valence-electron chi connectivity index (χ2n) is 5.00.